The molecule has 0 aliphatic rings. The van der Waals surface area contributed by atoms with E-state index in [0.717, 1.165) is 0 Å². The third-order valence-electron chi connectivity index (χ3n) is 4.22. The number of nitrogens with one attached hydrogen (secondary N) is 1. The van der Waals surface area contributed by atoms with Crippen molar-refractivity contribution in [3.63, 3.8) is 0 Å². The van der Waals surface area contributed by atoms with Crippen molar-refractivity contribution in [1.82, 2.24) is 10.4 Å². The molecule has 2 heterocycles. The molecule has 2 aromatic carbocycles. The van der Waals surface area contributed by atoms with Gasteiger partial charge in [-0.25, -0.2) is 10.4 Å². The molecule has 1 amide bonds. The first-order valence-electron chi connectivity index (χ1n) is 8.92. The van der Waals surface area contributed by atoms with Crippen LogP contribution in [0.15, 0.2) is 82.5 Å². The number of benzene rings is 2. The monoisotopic (exact) mass is 407 g/mol. The van der Waals surface area contributed by atoms with Crippen LogP contribution in [0.3, 0.4) is 0 Å². The Kier molecular flexibility index (Phi) is 5.47. The molecule has 6 nitrogen and oxygen atoms in total. The molecule has 0 atom stereocenters. The zero-order valence-corrected chi connectivity index (χ0v) is 15.5. The number of pyridine rings is 1. The van der Waals surface area contributed by atoms with Crippen molar-refractivity contribution in [1.29, 1.82) is 0 Å². The first-order valence-corrected chi connectivity index (χ1v) is 8.92. The predicted octanol–water partition coefficient (Wildman–Crippen LogP) is 4.86. The highest BCUT2D eigenvalue weighted by Gasteiger charge is 2.14. The molecule has 0 aliphatic carbocycles. The van der Waals surface area contributed by atoms with Crippen molar-refractivity contribution in [3.05, 3.63) is 84.1 Å². The van der Waals surface area contributed by atoms with Crippen molar-refractivity contribution >= 4 is 23.0 Å². The van der Waals surface area contributed by atoms with E-state index in [2.05, 4.69) is 20.2 Å². The van der Waals surface area contributed by atoms with Gasteiger partial charge in [-0.2, -0.15) is 13.9 Å². The molecule has 0 saturated carbocycles. The number of nitrogens with zero attached hydrogens (tertiary/aromatic N) is 2. The molecule has 0 unspecified atom stereocenters. The van der Waals surface area contributed by atoms with E-state index in [4.69, 9.17) is 4.42 Å². The summed E-state index contributed by atoms with van der Waals surface area (Å²) in [5, 5.41) is 4.63. The summed E-state index contributed by atoms with van der Waals surface area (Å²) >= 11 is 0. The molecule has 0 aliphatic heterocycles. The third-order valence-corrected chi connectivity index (χ3v) is 4.22. The maximum atomic E-state index is 12.8. The minimum atomic E-state index is -2.88. The van der Waals surface area contributed by atoms with Crippen LogP contribution in [0.4, 0.5) is 8.78 Å². The molecule has 8 heteroatoms. The lowest BCUT2D eigenvalue weighted by atomic mass is 10.1. The Hall–Kier alpha value is -4.07. The molecule has 4 aromatic rings. The number of alkyl halides is 2. The normalized spacial score (nSPS) is 11.3. The second-order valence-corrected chi connectivity index (χ2v) is 6.20. The molecule has 0 fully saturated rings. The standard InChI is InChI=1S/C22H15F2N3O3/c23-22(24)30-15-9-7-14(8-10-15)13-25-27-21(28)17-12-19(20-6-3-11-29-20)26-18-5-2-1-4-16(17)18/h1-13,22H,(H,27,28)/b25-13-. The number of halogens is 2. The fourth-order valence-corrected chi connectivity index (χ4v) is 2.87. The molecule has 2 aromatic heterocycles. The molecule has 0 spiro atoms. The Balaban J connectivity index is 1.55. The van der Waals surface area contributed by atoms with Gasteiger partial charge in [0.1, 0.15) is 11.4 Å². The van der Waals surface area contributed by atoms with Gasteiger partial charge in [0.15, 0.2) is 5.76 Å². The van der Waals surface area contributed by atoms with Crippen molar-refractivity contribution in [3.8, 4) is 17.2 Å². The van der Waals surface area contributed by atoms with Gasteiger partial charge in [-0.05, 0) is 54.1 Å². The molecule has 30 heavy (non-hydrogen) atoms. The average Bonchev–Trinajstić information content (AvgIpc) is 3.29. The van der Waals surface area contributed by atoms with Gasteiger partial charge in [0.25, 0.3) is 5.91 Å². The topological polar surface area (TPSA) is 76.7 Å². The van der Waals surface area contributed by atoms with Gasteiger partial charge < -0.3 is 9.15 Å². The van der Waals surface area contributed by atoms with E-state index in [1.807, 2.05) is 18.2 Å². The highest BCUT2D eigenvalue weighted by molar-refractivity contribution is 6.07. The number of furan rings is 1. The fourth-order valence-electron chi connectivity index (χ4n) is 2.87. The molecule has 0 bridgehead atoms. The van der Waals surface area contributed by atoms with Gasteiger partial charge >= 0.3 is 6.61 Å². The van der Waals surface area contributed by atoms with Crippen LogP contribution in [0.25, 0.3) is 22.4 Å². The molecule has 150 valence electrons. The summed E-state index contributed by atoms with van der Waals surface area (Å²) < 4.78 is 34.1. The highest BCUT2D eigenvalue weighted by atomic mass is 19.3. The summed E-state index contributed by atoms with van der Waals surface area (Å²) in [6.07, 6.45) is 2.94. The zero-order chi connectivity index (χ0) is 20.9. The number of hydrogen-bond donors (Lipinski definition) is 1. The number of hydrazone groups is 1. The molecular weight excluding hydrogens is 392 g/mol. The van der Waals surface area contributed by atoms with Gasteiger partial charge in [0.05, 0.1) is 23.6 Å². The van der Waals surface area contributed by atoms with Crippen molar-refractivity contribution in [2.45, 2.75) is 6.61 Å². The first-order chi connectivity index (χ1) is 14.6. The van der Waals surface area contributed by atoms with Crippen LogP contribution >= 0.6 is 0 Å². The van der Waals surface area contributed by atoms with E-state index in [1.165, 1.54) is 24.6 Å². The minimum absolute atomic E-state index is 0.0416. The summed E-state index contributed by atoms with van der Waals surface area (Å²) in [6, 6.07) is 18.3. The van der Waals surface area contributed by atoms with Gasteiger partial charge in [0.2, 0.25) is 0 Å². The maximum absolute atomic E-state index is 12.8. The molecule has 0 saturated heterocycles. The number of carbonyl (C=O) groups is 1. The number of ether oxygens (including phenoxy) is 1. The first kappa shape index (κ1) is 19.3. The average molecular weight is 407 g/mol. The predicted molar refractivity (Wildman–Crippen MR) is 108 cm³/mol. The lowest BCUT2D eigenvalue weighted by molar-refractivity contribution is -0.0498. The van der Waals surface area contributed by atoms with E-state index < -0.39 is 12.5 Å². The number of fused-ring (bicyclic) bond motifs is 1. The SMILES string of the molecule is O=C(N/N=C\c1ccc(OC(F)F)cc1)c1cc(-c2ccco2)nc2ccccc12. The smallest absolute Gasteiger partial charge is 0.387 e. The number of para-hydroxylation sites is 1. The number of amides is 1. The van der Waals surface area contributed by atoms with E-state index in [0.29, 0.717) is 33.5 Å². The van der Waals surface area contributed by atoms with Crippen LogP contribution in [-0.2, 0) is 0 Å². The van der Waals surface area contributed by atoms with Crippen LogP contribution in [0.2, 0.25) is 0 Å². The van der Waals surface area contributed by atoms with Crippen molar-refractivity contribution in [2.75, 3.05) is 0 Å². The Bertz CT molecular complexity index is 1190. The number of rotatable bonds is 6. The lowest BCUT2D eigenvalue weighted by Gasteiger charge is -2.07. The van der Waals surface area contributed by atoms with Gasteiger partial charge in [-0.1, -0.05) is 18.2 Å². The summed E-state index contributed by atoms with van der Waals surface area (Å²) in [7, 11) is 0. The Morgan fingerprint density at radius 1 is 1.10 bits per heavy atom. The molecule has 0 radical (unpaired) electrons. The van der Waals surface area contributed by atoms with Gasteiger partial charge in [0, 0.05) is 5.39 Å². The Labute approximate surface area is 169 Å². The Morgan fingerprint density at radius 3 is 2.63 bits per heavy atom. The van der Waals surface area contributed by atoms with E-state index in [9.17, 15) is 13.6 Å². The quantitative estimate of drug-likeness (QED) is 0.366. The lowest BCUT2D eigenvalue weighted by Crippen LogP contribution is -2.18. The molecule has 4 rings (SSSR count). The van der Waals surface area contributed by atoms with Crippen LogP contribution in [-0.4, -0.2) is 23.7 Å². The summed E-state index contributed by atoms with van der Waals surface area (Å²) in [4.78, 5) is 17.3. The van der Waals surface area contributed by atoms with E-state index in [-0.39, 0.29) is 5.75 Å². The van der Waals surface area contributed by atoms with E-state index in [1.54, 1.807) is 36.4 Å². The number of aromatic nitrogens is 1. The van der Waals surface area contributed by atoms with Crippen LogP contribution < -0.4 is 10.2 Å². The maximum Gasteiger partial charge on any atom is 0.387 e. The third kappa shape index (κ3) is 4.33. The van der Waals surface area contributed by atoms with Crippen molar-refractivity contribution < 1.29 is 22.7 Å². The summed E-state index contributed by atoms with van der Waals surface area (Å²) in [6.45, 7) is -2.88. The minimum Gasteiger partial charge on any atom is -0.463 e. The second-order valence-electron chi connectivity index (χ2n) is 6.20. The number of hydrogen-bond acceptors (Lipinski definition) is 5. The van der Waals surface area contributed by atoms with E-state index >= 15 is 0 Å². The number of carbonyl (C=O) groups excluding carboxylic acids is 1. The van der Waals surface area contributed by atoms with Crippen LogP contribution in [0, 0.1) is 0 Å². The second kappa shape index (κ2) is 8.52. The van der Waals surface area contributed by atoms with Crippen molar-refractivity contribution in [2.24, 2.45) is 5.10 Å². The largest absolute Gasteiger partial charge is 0.463 e. The zero-order valence-electron chi connectivity index (χ0n) is 15.5. The van der Waals surface area contributed by atoms with Gasteiger partial charge in [-0.15, -0.1) is 0 Å². The van der Waals surface area contributed by atoms with Gasteiger partial charge in [-0.3, -0.25) is 4.79 Å². The Morgan fingerprint density at radius 2 is 1.90 bits per heavy atom. The highest BCUT2D eigenvalue weighted by Crippen LogP contribution is 2.25. The molecular formula is C22H15F2N3O3. The van der Waals surface area contributed by atoms with Crippen LogP contribution in [0.5, 0.6) is 5.75 Å². The fraction of sp³-hybridized carbons (Fsp3) is 0.0455. The summed E-state index contributed by atoms with van der Waals surface area (Å²) in [5.74, 6) is 0.166. The molecule has 1 N–H and O–H groups in total. The summed E-state index contributed by atoms with van der Waals surface area (Å²) in [5.41, 5.74) is 4.66. The van der Waals surface area contributed by atoms with Crippen LogP contribution in [0.1, 0.15) is 15.9 Å².